The first-order chi connectivity index (χ1) is 20.0. The number of rotatable bonds is 9. The van der Waals surface area contributed by atoms with E-state index >= 15 is 0 Å². The largest absolute Gasteiger partial charge is 0.462 e. The Labute approximate surface area is 246 Å². The molecule has 1 atom stereocenters. The molecule has 0 radical (unpaired) electrons. The molecule has 4 aromatic rings. The Bertz CT molecular complexity index is 1390. The van der Waals surface area contributed by atoms with E-state index in [2.05, 4.69) is 107 Å². The van der Waals surface area contributed by atoms with E-state index in [0.717, 1.165) is 13.0 Å². The minimum Gasteiger partial charge on any atom is -0.462 e. The van der Waals surface area contributed by atoms with Crippen LogP contribution in [0.4, 0.5) is 0 Å². The quantitative estimate of drug-likeness (QED) is 0.134. The Morgan fingerprint density at radius 1 is 0.951 bits per heavy atom. The Morgan fingerprint density at radius 3 is 2.02 bits per heavy atom. The summed E-state index contributed by atoms with van der Waals surface area (Å²) in [5.74, 6) is -0.376. The highest BCUT2D eigenvalue weighted by atomic mass is 32.2. The van der Waals surface area contributed by atoms with Gasteiger partial charge in [0.15, 0.2) is 5.12 Å². The van der Waals surface area contributed by atoms with Gasteiger partial charge in [-0.25, -0.2) is 4.79 Å². The van der Waals surface area contributed by atoms with Gasteiger partial charge in [-0.15, -0.1) is 0 Å². The molecule has 1 aromatic heterocycles. The maximum Gasteiger partial charge on any atom is 0.341 e. The summed E-state index contributed by atoms with van der Waals surface area (Å²) in [6.07, 6.45) is 6.25. The lowest BCUT2D eigenvalue weighted by atomic mass is 9.74. The Balaban J connectivity index is 1.57. The number of aromatic nitrogens is 2. The van der Waals surface area contributed by atoms with Gasteiger partial charge in [0, 0.05) is 31.5 Å². The van der Waals surface area contributed by atoms with E-state index in [4.69, 9.17) is 4.74 Å². The number of piperidine rings is 1. The van der Waals surface area contributed by atoms with Crippen LogP contribution in [-0.2, 0) is 21.6 Å². The zero-order chi connectivity index (χ0) is 28.7. The molecule has 0 spiro atoms. The van der Waals surface area contributed by atoms with Gasteiger partial charge in [-0.05, 0) is 35.6 Å². The highest BCUT2D eigenvalue weighted by Gasteiger charge is 2.44. The molecule has 5 rings (SSSR count). The number of carbonyl (C=O) groups is 2. The number of allylic oxidation sites excluding steroid dienone is 1. The number of likely N-dealkylation sites (tertiary alicyclic amines) is 1. The fourth-order valence-corrected chi connectivity index (χ4v) is 6.70. The topological polar surface area (TPSA) is 64.4 Å². The van der Waals surface area contributed by atoms with E-state index in [1.54, 1.807) is 24.7 Å². The lowest BCUT2D eigenvalue weighted by Gasteiger charge is -2.49. The molecule has 0 amide bonds. The van der Waals surface area contributed by atoms with E-state index in [1.165, 1.54) is 40.2 Å². The highest BCUT2D eigenvalue weighted by Crippen LogP contribution is 2.45. The Morgan fingerprint density at radius 2 is 1.51 bits per heavy atom. The van der Waals surface area contributed by atoms with Crippen molar-refractivity contribution in [2.75, 3.05) is 19.7 Å². The van der Waals surface area contributed by atoms with Crippen LogP contribution in [0.1, 0.15) is 47.3 Å². The molecule has 1 aliphatic heterocycles. The van der Waals surface area contributed by atoms with Crippen molar-refractivity contribution < 1.29 is 14.3 Å². The Kier molecular flexibility index (Phi) is 9.17. The van der Waals surface area contributed by atoms with Crippen LogP contribution in [0.15, 0.2) is 115 Å². The third kappa shape index (κ3) is 6.21. The zero-order valence-corrected chi connectivity index (χ0v) is 24.3. The van der Waals surface area contributed by atoms with Crippen LogP contribution in [0.5, 0.6) is 0 Å². The molecular weight excluding hydrogens is 530 g/mol. The van der Waals surface area contributed by atoms with E-state index in [9.17, 15) is 9.59 Å². The predicted octanol–water partition coefficient (Wildman–Crippen LogP) is 6.33. The third-order valence-corrected chi connectivity index (χ3v) is 8.65. The van der Waals surface area contributed by atoms with Gasteiger partial charge >= 0.3 is 5.97 Å². The van der Waals surface area contributed by atoms with Crippen LogP contribution in [-0.4, -0.2) is 50.7 Å². The SMILES string of the molecule is CCOC(=O)c1cnn(C/C=C2/CN(C(c3ccccc3)(c3ccccc3)c3ccccc3)CCC2SC(C)=O)c1. The van der Waals surface area contributed by atoms with Crippen LogP contribution in [0.2, 0.25) is 0 Å². The second-order valence-corrected chi connectivity index (χ2v) is 11.4. The second-order valence-electron chi connectivity index (χ2n) is 10.1. The molecule has 3 aromatic carbocycles. The summed E-state index contributed by atoms with van der Waals surface area (Å²) in [6, 6.07) is 32.0. The molecule has 0 N–H and O–H groups in total. The first-order valence-electron chi connectivity index (χ1n) is 14.0. The molecule has 1 fully saturated rings. The highest BCUT2D eigenvalue weighted by molar-refractivity contribution is 8.14. The Hall–Kier alpha value is -3.94. The molecule has 0 bridgehead atoms. The lowest BCUT2D eigenvalue weighted by molar-refractivity contribution is -0.109. The van der Waals surface area contributed by atoms with Gasteiger partial charge in [0.2, 0.25) is 0 Å². The van der Waals surface area contributed by atoms with Gasteiger partial charge in [-0.3, -0.25) is 14.4 Å². The number of benzene rings is 3. The lowest BCUT2D eigenvalue weighted by Crippen LogP contribution is -2.52. The van der Waals surface area contributed by atoms with Crippen molar-refractivity contribution in [1.29, 1.82) is 0 Å². The molecule has 6 nitrogen and oxygen atoms in total. The summed E-state index contributed by atoms with van der Waals surface area (Å²) in [7, 11) is 0. The van der Waals surface area contributed by atoms with E-state index < -0.39 is 5.54 Å². The van der Waals surface area contributed by atoms with Crippen LogP contribution in [0.3, 0.4) is 0 Å². The average molecular weight is 566 g/mol. The summed E-state index contributed by atoms with van der Waals surface area (Å²) in [5, 5.41) is 4.57. The van der Waals surface area contributed by atoms with E-state index in [-0.39, 0.29) is 16.3 Å². The number of thioether (sulfide) groups is 1. The molecule has 210 valence electrons. The molecular formula is C34H35N3O3S. The summed E-state index contributed by atoms with van der Waals surface area (Å²) in [4.78, 5) is 27.0. The molecule has 0 saturated carbocycles. The number of hydrogen-bond donors (Lipinski definition) is 0. The number of nitrogens with zero attached hydrogens (tertiary/aromatic N) is 3. The molecule has 1 aliphatic rings. The van der Waals surface area contributed by atoms with Gasteiger partial charge in [0.05, 0.1) is 30.5 Å². The van der Waals surface area contributed by atoms with Crippen molar-refractivity contribution >= 4 is 22.8 Å². The second kappa shape index (κ2) is 13.1. The van der Waals surface area contributed by atoms with Crippen LogP contribution in [0.25, 0.3) is 0 Å². The van der Waals surface area contributed by atoms with Crippen LogP contribution >= 0.6 is 11.8 Å². The summed E-state index contributed by atoms with van der Waals surface area (Å²) < 4.78 is 6.86. The minimum atomic E-state index is -0.530. The summed E-state index contributed by atoms with van der Waals surface area (Å²) in [5.41, 5.74) is 4.66. The van der Waals surface area contributed by atoms with Crippen molar-refractivity contribution in [2.24, 2.45) is 0 Å². The molecule has 2 heterocycles. The molecule has 0 aliphatic carbocycles. The van der Waals surface area contributed by atoms with Crippen molar-refractivity contribution in [3.05, 3.63) is 137 Å². The zero-order valence-electron chi connectivity index (χ0n) is 23.5. The maximum atomic E-state index is 12.3. The van der Waals surface area contributed by atoms with Gasteiger partial charge < -0.3 is 4.74 Å². The summed E-state index contributed by atoms with van der Waals surface area (Å²) >= 11 is 1.40. The third-order valence-electron chi connectivity index (χ3n) is 7.49. The molecule has 7 heteroatoms. The standard InChI is InChI=1S/C34H35N3O3S/c1-3-40-33(39)28-23-35-37(25-28)22-19-27-24-36(21-20-32(27)41-26(2)38)34(29-13-7-4-8-14-29,30-15-9-5-10-16-30)31-17-11-6-12-18-31/h4-19,23,25,32H,3,20-22,24H2,1-2H3/b27-19-. The van der Waals surface area contributed by atoms with Gasteiger partial charge in [0.1, 0.15) is 0 Å². The van der Waals surface area contributed by atoms with Gasteiger partial charge in [0.25, 0.3) is 0 Å². The first-order valence-corrected chi connectivity index (χ1v) is 14.9. The van der Waals surface area contributed by atoms with Crippen molar-refractivity contribution in [2.45, 2.75) is 37.6 Å². The maximum absolute atomic E-state index is 12.3. The van der Waals surface area contributed by atoms with Crippen molar-refractivity contribution in [3.63, 3.8) is 0 Å². The van der Waals surface area contributed by atoms with E-state index in [0.29, 0.717) is 25.3 Å². The number of esters is 1. The van der Waals surface area contributed by atoms with Crippen molar-refractivity contribution in [1.82, 2.24) is 14.7 Å². The van der Waals surface area contributed by atoms with Gasteiger partial charge in [-0.2, -0.15) is 5.10 Å². The smallest absolute Gasteiger partial charge is 0.341 e. The first kappa shape index (κ1) is 28.6. The molecule has 1 unspecified atom stereocenters. The van der Waals surface area contributed by atoms with E-state index in [1.807, 2.05) is 0 Å². The molecule has 41 heavy (non-hydrogen) atoms. The van der Waals surface area contributed by atoms with Crippen LogP contribution < -0.4 is 0 Å². The number of hydrogen-bond acceptors (Lipinski definition) is 6. The van der Waals surface area contributed by atoms with Crippen molar-refractivity contribution in [3.8, 4) is 0 Å². The van der Waals surface area contributed by atoms with Crippen LogP contribution in [0, 0.1) is 0 Å². The fourth-order valence-electron chi connectivity index (χ4n) is 5.76. The average Bonchev–Trinajstić information content (AvgIpc) is 3.48. The number of carbonyl (C=O) groups excluding carboxylic acids is 2. The summed E-state index contributed by atoms with van der Waals surface area (Å²) in [6.45, 7) is 5.72. The van der Waals surface area contributed by atoms with Gasteiger partial charge in [-0.1, -0.05) is 109 Å². The fraction of sp³-hybridized carbons (Fsp3) is 0.265. The monoisotopic (exact) mass is 565 g/mol. The minimum absolute atomic E-state index is 0.0730. The molecule has 1 saturated heterocycles. The predicted molar refractivity (Wildman–Crippen MR) is 164 cm³/mol. The number of ether oxygens (including phenoxy) is 1. The normalized spacial score (nSPS) is 16.9.